The number of carbonyl (C=O) groups is 4. The zero-order valence-electron chi connectivity index (χ0n) is 6.06. The van der Waals surface area contributed by atoms with E-state index < -0.39 is 0 Å². The van der Waals surface area contributed by atoms with Gasteiger partial charge in [-0.3, -0.25) is 19.2 Å². The van der Waals surface area contributed by atoms with Crippen molar-refractivity contribution in [2.75, 3.05) is 0 Å². The molecule has 0 aromatic rings. The van der Waals surface area contributed by atoms with Crippen molar-refractivity contribution in [1.29, 1.82) is 0 Å². The van der Waals surface area contributed by atoms with Crippen LogP contribution in [-0.4, -0.2) is 46.3 Å². The van der Waals surface area contributed by atoms with Crippen molar-refractivity contribution in [2.45, 2.75) is 0 Å². The summed E-state index contributed by atoms with van der Waals surface area (Å²) in [7, 11) is 0. The molecule has 0 aromatic heterocycles. The first-order valence-electron chi connectivity index (χ1n) is 1.98. The summed E-state index contributed by atoms with van der Waals surface area (Å²) >= 11 is 0. The molecule has 0 heterocycles. The van der Waals surface area contributed by atoms with E-state index in [0.29, 0.717) is 0 Å². The average Bonchev–Trinajstić information content (AvgIpc) is 1.92. The summed E-state index contributed by atoms with van der Waals surface area (Å²) < 4.78 is 0. The van der Waals surface area contributed by atoms with Crippen molar-refractivity contribution in [2.24, 2.45) is 0 Å². The van der Waals surface area contributed by atoms with E-state index in [2.05, 4.69) is 0 Å². The average molecular weight is 243 g/mol. The molecule has 0 unspecified atom stereocenters. The fourth-order valence-electron chi connectivity index (χ4n) is 0. The Bertz CT molecular complexity index is 70.1. The van der Waals surface area contributed by atoms with Gasteiger partial charge in [0.25, 0.3) is 25.9 Å². The number of carboxylic acid groups (broad SMARTS) is 4. The molecule has 0 saturated carbocycles. The van der Waals surface area contributed by atoms with Crippen LogP contribution in [0, 0.1) is 0 Å². The minimum Gasteiger partial charge on any atom is -0.483 e. The second kappa shape index (κ2) is 161. The van der Waals surface area contributed by atoms with Crippen LogP contribution in [0.25, 0.3) is 0 Å². The molecule has 0 saturated heterocycles. The zero-order chi connectivity index (χ0) is 10.8. The van der Waals surface area contributed by atoms with Crippen molar-refractivity contribution in [1.82, 2.24) is 0 Å². The Labute approximate surface area is 83.0 Å². The minimum absolute atomic E-state index is 0. The van der Waals surface area contributed by atoms with E-state index in [4.69, 9.17) is 39.6 Å². The maximum absolute atomic E-state index is 8.36. The van der Waals surface area contributed by atoms with Gasteiger partial charge in [-0.1, -0.05) is 0 Å². The molecule has 8 nitrogen and oxygen atoms in total. The Kier molecular flexibility index (Phi) is 372. The van der Waals surface area contributed by atoms with Gasteiger partial charge in [0.05, 0.1) is 0 Å². The normalized spacial score (nSPS) is 3.69. The molecule has 0 atom stereocenters. The predicted octanol–water partition coefficient (Wildman–Crippen LogP) is -1.20. The van der Waals surface area contributed by atoms with Gasteiger partial charge in [0.1, 0.15) is 0 Å². The monoisotopic (exact) mass is 243 g/mol. The van der Waals surface area contributed by atoms with E-state index in [9.17, 15) is 0 Å². The molecule has 0 aliphatic carbocycles. The van der Waals surface area contributed by atoms with E-state index in [1.165, 1.54) is 0 Å². The largest absolute Gasteiger partial charge is 0.483 e. The first kappa shape index (κ1) is 30.1. The van der Waals surface area contributed by atoms with Crippen molar-refractivity contribution in [3.05, 3.63) is 0 Å². The van der Waals surface area contributed by atoms with Crippen LogP contribution in [-0.2, 0) is 36.0 Å². The van der Waals surface area contributed by atoms with Gasteiger partial charge in [0, 0.05) is 16.8 Å². The van der Waals surface area contributed by atoms with Gasteiger partial charge in [-0.2, -0.15) is 0 Å². The van der Waals surface area contributed by atoms with Crippen LogP contribution < -0.4 is 0 Å². The standard InChI is InChI=1S/4CH2O2.Co/c4*2-1-3;/h4*1H,(H,2,3);. The van der Waals surface area contributed by atoms with Crippen molar-refractivity contribution in [3.8, 4) is 0 Å². The van der Waals surface area contributed by atoms with Gasteiger partial charge in [0.2, 0.25) is 0 Å². The molecule has 9 heteroatoms. The van der Waals surface area contributed by atoms with Crippen molar-refractivity contribution < 1.29 is 56.4 Å². The fraction of sp³-hybridized carbons (Fsp3) is 0. The Morgan fingerprint density at radius 1 is 0.538 bits per heavy atom. The smallest absolute Gasteiger partial charge is 0.290 e. The fourth-order valence-corrected chi connectivity index (χ4v) is 0. The van der Waals surface area contributed by atoms with Crippen molar-refractivity contribution in [3.63, 3.8) is 0 Å². The molecule has 0 aliphatic rings. The summed E-state index contributed by atoms with van der Waals surface area (Å²) in [6, 6.07) is 0. The maximum Gasteiger partial charge on any atom is 0.290 e. The van der Waals surface area contributed by atoms with E-state index in [1.807, 2.05) is 0 Å². The predicted molar refractivity (Wildman–Crippen MR) is 34.8 cm³/mol. The molecule has 0 spiro atoms. The molecule has 0 fully saturated rings. The van der Waals surface area contributed by atoms with Crippen LogP contribution in [0.15, 0.2) is 0 Å². The summed E-state index contributed by atoms with van der Waals surface area (Å²) in [6.45, 7) is -1.00. The summed E-state index contributed by atoms with van der Waals surface area (Å²) in [5, 5.41) is 27.6. The molecular weight excluding hydrogens is 235 g/mol. The maximum atomic E-state index is 8.36. The zero-order valence-corrected chi connectivity index (χ0v) is 7.11. The van der Waals surface area contributed by atoms with Crippen LogP contribution in [0.2, 0.25) is 0 Å². The quantitative estimate of drug-likeness (QED) is 0.387. The Hall–Kier alpha value is -1.61. The van der Waals surface area contributed by atoms with Gasteiger partial charge in [-0.05, 0) is 0 Å². The third kappa shape index (κ3) is 281. The van der Waals surface area contributed by atoms with Crippen LogP contribution in [0.4, 0.5) is 0 Å². The summed E-state index contributed by atoms with van der Waals surface area (Å²) in [5.74, 6) is 0. The number of hydrogen-bond donors (Lipinski definition) is 4. The van der Waals surface area contributed by atoms with Crippen molar-refractivity contribution >= 4 is 25.9 Å². The molecule has 13 heavy (non-hydrogen) atoms. The van der Waals surface area contributed by atoms with E-state index >= 15 is 0 Å². The van der Waals surface area contributed by atoms with Crippen LogP contribution in [0.3, 0.4) is 0 Å². The molecule has 0 bridgehead atoms. The van der Waals surface area contributed by atoms with Gasteiger partial charge in [-0.15, -0.1) is 0 Å². The molecular formula is C4H8CoO8. The van der Waals surface area contributed by atoms with Crippen LogP contribution in [0.5, 0.6) is 0 Å². The first-order valence-corrected chi connectivity index (χ1v) is 1.98. The molecule has 0 amide bonds. The van der Waals surface area contributed by atoms with Gasteiger partial charge >= 0.3 is 0 Å². The van der Waals surface area contributed by atoms with Gasteiger partial charge < -0.3 is 20.4 Å². The number of rotatable bonds is 0. The minimum atomic E-state index is -0.250. The van der Waals surface area contributed by atoms with E-state index in [-0.39, 0.29) is 42.7 Å². The molecule has 0 aromatic carbocycles. The third-order valence-corrected chi connectivity index (χ3v) is 0. The Morgan fingerprint density at radius 2 is 0.538 bits per heavy atom. The molecule has 0 rings (SSSR count). The van der Waals surface area contributed by atoms with Crippen LogP contribution >= 0.6 is 0 Å². The third-order valence-electron chi connectivity index (χ3n) is 0. The Balaban J connectivity index is -0.0000000213. The number of hydrogen-bond acceptors (Lipinski definition) is 4. The second-order valence-electron chi connectivity index (χ2n) is 0.422. The summed E-state index contributed by atoms with van der Waals surface area (Å²) in [6.07, 6.45) is 0. The second-order valence-corrected chi connectivity index (χ2v) is 0.422. The molecule has 0 aliphatic heterocycles. The molecule has 1 radical (unpaired) electrons. The summed E-state index contributed by atoms with van der Waals surface area (Å²) in [5.41, 5.74) is 0. The van der Waals surface area contributed by atoms with Crippen LogP contribution in [0.1, 0.15) is 0 Å². The first-order chi connectivity index (χ1) is 5.66. The van der Waals surface area contributed by atoms with Gasteiger partial charge in [0.15, 0.2) is 0 Å². The van der Waals surface area contributed by atoms with E-state index in [0.717, 1.165) is 0 Å². The summed E-state index contributed by atoms with van der Waals surface area (Å²) in [4.78, 5) is 33.4. The van der Waals surface area contributed by atoms with Gasteiger partial charge in [-0.25, -0.2) is 0 Å². The van der Waals surface area contributed by atoms with E-state index in [1.54, 1.807) is 0 Å². The SMILES string of the molecule is O=CO.O=CO.O=CO.O=CO.[Co]. The molecule has 81 valence electrons. The topological polar surface area (TPSA) is 149 Å². The Morgan fingerprint density at radius 3 is 0.538 bits per heavy atom. The molecule has 4 N–H and O–H groups in total.